The summed E-state index contributed by atoms with van der Waals surface area (Å²) < 4.78 is 2.11. The molecule has 17 heavy (non-hydrogen) atoms. The van der Waals surface area contributed by atoms with E-state index in [1.54, 1.807) is 11.3 Å². The fraction of sp³-hybridized carbons (Fsp3) is 0. The Morgan fingerprint density at radius 2 is 1.82 bits per heavy atom. The molecule has 1 heterocycles. The maximum atomic E-state index is 9.07. The molecule has 2 aromatic carbocycles. The van der Waals surface area contributed by atoms with Crippen molar-refractivity contribution >= 4 is 31.5 Å². The van der Waals surface area contributed by atoms with Crippen LogP contribution in [0.25, 0.3) is 20.2 Å². The van der Waals surface area contributed by atoms with Gasteiger partial charge in [0.05, 0.1) is 21.9 Å². The van der Waals surface area contributed by atoms with Gasteiger partial charge in [-0.25, -0.2) is 0 Å². The molecule has 0 bridgehead atoms. The molecule has 3 rings (SSSR count). The highest BCUT2D eigenvalue weighted by molar-refractivity contribution is 7.26. The molecule has 0 aliphatic rings. The molecule has 0 radical (unpaired) electrons. The normalized spacial score (nSPS) is 10.2. The van der Waals surface area contributed by atoms with Crippen LogP contribution in [0.15, 0.2) is 36.4 Å². The summed E-state index contributed by atoms with van der Waals surface area (Å²) in [7, 11) is 0. The number of nitriles is 2. The largest absolute Gasteiger partial charge is 0.192 e. The van der Waals surface area contributed by atoms with Gasteiger partial charge in [0.2, 0.25) is 0 Å². The van der Waals surface area contributed by atoms with Crippen LogP contribution >= 0.6 is 11.3 Å². The zero-order valence-corrected chi connectivity index (χ0v) is 9.58. The van der Waals surface area contributed by atoms with E-state index in [-0.39, 0.29) is 0 Å². The van der Waals surface area contributed by atoms with Gasteiger partial charge < -0.3 is 0 Å². The molecule has 3 aromatic rings. The minimum Gasteiger partial charge on any atom is -0.192 e. The lowest BCUT2D eigenvalue weighted by Crippen LogP contribution is -1.74. The van der Waals surface area contributed by atoms with Crippen molar-refractivity contribution in [1.29, 1.82) is 10.5 Å². The van der Waals surface area contributed by atoms with E-state index in [0.717, 1.165) is 20.2 Å². The van der Waals surface area contributed by atoms with Crippen molar-refractivity contribution in [2.75, 3.05) is 0 Å². The monoisotopic (exact) mass is 234 g/mol. The van der Waals surface area contributed by atoms with Gasteiger partial charge in [-0.3, -0.25) is 0 Å². The lowest BCUT2D eigenvalue weighted by Gasteiger charge is -1.93. The fourth-order valence-corrected chi connectivity index (χ4v) is 3.10. The summed E-state index contributed by atoms with van der Waals surface area (Å²) in [6, 6.07) is 15.7. The van der Waals surface area contributed by atoms with Gasteiger partial charge in [0.25, 0.3) is 0 Å². The standard InChI is InChI=1S/C14H6N2S/c15-7-9-4-5-13-12(6-9)11-3-1-2-10(8-16)14(11)17-13/h1-6H. The van der Waals surface area contributed by atoms with Crippen LogP contribution in [0.5, 0.6) is 0 Å². The molecule has 0 amide bonds. The van der Waals surface area contributed by atoms with Crippen LogP contribution in [0.3, 0.4) is 0 Å². The topological polar surface area (TPSA) is 47.6 Å². The van der Waals surface area contributed by atoms with E-state index in [1.165, 1.54) is 0 Å². The molecule has 0 aliphatic heterocycles. The molecule has 0 atom stereocenters. The molecule has 2 nitrogen and oxygen atoms in total. The molecule has 0 saturated carbocycles. The van der Waals surface area contributed by atoms with Crippen LogP contribution < -0.4 is 0 Å². The third-order valence-corrected chi connectivity index (χ3v) is 3.97. The Hall–Kier alpha value is -2.36. The first-order valence-electron chi connectivity index (χ1n) is 5.09. The minimum absolute atomic E-state index is 0.652. The van der Waals surface area contributed by atoms with Gasteiger partial charge in [-0.2, -0.15) is 10.5 Å². The van der Waals surface area contributed by atoms with Crippen molar-refractivity contribution in [2.24, 2.45) is 0 Å². The highest BCUT2D eigenvalue weighted by Gasteiger charge is 2.08. The minimum atomic E-state index is 0.652. The maximum absolute atomic E-state index is 9.07. The maximum Gasteiger partial charge on any atom is 0.101 e. The summed E-state index contributed by atoms with van der Waals surface area (Å²) in [6.45, 7) is 0. The predicted octanol–water partition coefficient (Wildman–Crippen LogP) is 3.80. The molecule has 0 N–H and O–H groups in total. The van der Waals surface area contributed by atoms with Crippen LogP contribution in [-0.2, 0) is 0 Å². The summed E-state index contributed by atoms with van der Waals surface area (Å²) in [5, 5.41) is 20.1. The average Bonchev–Trinajstić information content (AvgIpc) is 2.76. The summed E-state index contributed by atoms with van der Waals surface area (Å²) >= 11 is 1.60. The molecule has 0 fully saturated rings. The number of thiophene rings is 1. The smallest absolute Gasteiger partial charge is 0.101 e. The van der Waals surface area contributed by atoms with Gasteiger partial charge >= 0.3 is 0 Å². The number of nitrogens with zero attached hydrogens (tertiary/aromatic N) is 2. The van der Waals surface area contributed by atoms with E-state index >= 15 is 0 Å². The Bertz CT molecular complexity index is 816. The first-order chi connectivity index (χ1) is 8.33. The van der Waals surface area contributed by atoms with Crippen LogP contribution in [-0.4, -0.2) is 0 Å². The Kier molecular flexibility index (Phi) is 2.08. The predicted molar refractivity (Wildman–Crippen MR) is 68.8 cm³/mol. The van der Waals surface area contributed by atoms with Gasteiger partial charge in [0, 0.05) is 15.5 Å². The molecule has 0 unspecified atom stereocenters. The van der Waals surface area contributed by atoms with Crippen LogP contribution in [0.4, 0.5) is 0 Å². The molecular weight excluding hydrogens is 228 g/mol. The molecule has 0 aliphatic carbocycles. The average molecular weight is 234 g/mol. The summed E-state index contributed by atoms with van der Waals surface area (Å²) in [5.41, 5.74) is 1.35. The number of benzene rings is 2. The molecular formula is C14H6N2S. The second-order valence-electron chi connectivity index (χ2n) is 3.72. The van der Waals surface area contributed by atoms with E-state index in [4.69, 9.17) is 10.5 Å². The second-order valence-corrected chi connectivity index (χ2v) is 4.77. The Morgan fingerprint density at radius 1 is 0.941 bits per heavy atom. The highest BCUT2D eigenvalue weighted by atomic mass is 32.1. The SMILES string of the molecule is N#Cc1ccc2sc3c(C#N)cccc3c2c1. The summed E-state index contributed by atoms with van der Waals surface area (Å²) in [6.07, 6.45) is 0. The van der Waals surface area contributed by atoms with Crippen LogP contribution in [0, 0.1) is 22.7 Å². The van der Waals surface area contributed by atoms with E-state index < -0.39 is 0 Å². The Labute approximate surface area is 102 Å². The third kappa shape index (κ3) is 1.38. The number of fused-ring (bicyclic) bond motifs is 3. The van der Waals surface area contributed by atoms with Gasteiger partial charge in [0.15, 0.2) is 0 Å². The lowest BCUT2D eigenvalue weighted by atomic mass is 10.1. The van der Waals surface area contributed by atoms with Crippen LogP contribution in [0.1, 0.15) is 11.1 Å². The van der Waals surface area contributed by atoms with Crippen molar-refractivity contribution < 1.29 is 0 Å². The number of hydrogen-bond donors (Lipinski definition) is 0. The van der Waals surface area contributed by atoms with E-state index in [1.807, 2.05) is 36.4 Å². The van der Waals surface area contributed by atoms with Crippen molar-refractivity contribution in [3.63, 3.8) is 0 Å². The van der Waals surface area contributed by atoms with Gasteiger partial charge in [0.1, 0.15) is 6.07 Å². The van der Waals surface area contributed by atoms with Crippen molar-refractivity contribution in [2.45, 2.75) is 0 Å². The van der Waals surface area contributed by atoms with Crippen molar-refractivity contribution in [3.8, 4) is 12.1 Å². The number of rotatable bonds is 0. The quantitative estimate of drug-likeness (QED) is 0.594. The molecule has 0 spiro atoms. The van der Waals surface area contributed by atoms with E-state index in [0.29, 0.717) is 11.1 Å². The molecule has 78 valence electrons. The van der Waals surface area contributed by atoms with Crippen molar-refractivity contribution in [1.82, 2.24) is 0 Å². The summed E-state index contributed by atoms with van der Waals surface area (Å²) in [5.74, 6) is 0. The Balaban J connectivity index is 2.53. The fourth-order valence-electron chi connectivity index (χ4n) is 1.96. The summed E-state index contributed by atoms with van der Waals surface area (Å²) in [4.78, 5) is 0. The van der Waals surface area contributed by atoms with Gasteiger partial charge in [-0.1, -0.05) is 12.1 Å². The highest BCUT2D eigenvalue weighted by Crippen LogP contribution is 2.35. The molecule has 1 aromatic heterocycles. The zero-order valence-electron chi connectivity index (χ0n) is 8.77. The number of hydrogen-bond acceptors (Lipinski definition) is 3. The first-order valence-corrected chi connectivity index (χ1v) is 5.90. The van der Waals surface area contributed by atoms with Crippen molar-refractivity contribution in [3.05, 3.63) is 47.5 Å². The van der Waals surface area contributed by atoms with Crippen LogP contribution in [0.2, 0.25) is 0 Å². The third-order valence-electron chi connectivity index (χ3n) is 2.75. The zero-order chi connectivity index (χ0) is 11.8. The first kappa shape index (κ1) is 9.84. The molecule has 0 saturated heterocycles. The van der Waals surface area contributed by atoms with Gasteiger partial charge in [-0.05, 0) is 24.3 Å². The van der Waals surface area contributed by atoms with E-state index in [2.05, 4.69) is 12.1 Å². The van der Waals surface area contributed by atoms with Gasteiger partial charge in [-0.15, -0.1) is 11.3 Å². The Morgan fingerprint density at radius 3 is 2.59 bits per heavy atom. The van der Waals surface area contributed by atoms with E-state index in [9.17, 15) is 0 Å². The second kappa shape index (κ2) is 3.59. The lowest BCUT2D eigenvalue weighted by molar-refractivity contribution is 1.50. The molecule has 3 heteroatoms.